The molecule has 3 aromatic rings. The zero-order valence-corrected chi connectivity index (χ0v) is 15.4. The van der Waals surface area contributed by atoms with Crippen LogP contribution in [0.3, 0.4) is 0 Å². The number of hydrogen-bond donors (Lipinski definition) is 1. The number of nitrogens with zero attached hydrogens (tertiary/aromatic N) is 3. The van der Waals surface area contributed by atoms with Gasteiger partial charge in [-0.3, -0.25) is 4.79 Å². The summed E-state index contributed by atoms with van der Waals surface area (Å²) in [5.74, 6) is 0.0745. The maximum atomic E-state index is 12.9. The van der Waals surface area contributed by atoms with Crippen molar-refractivity contribution < 1.29 is 9.18 Å². The number of carbonyl (C=O) groups excluding carboxylic acids is 1. The number of aromatic nitrogens is 2. The van der Waals surface area contributed by atoms with E-state index in [2.05, 4.69) is 38.4 Å². The number of hydrogen-bond acceptors (Lipinski definition) is 4. The van der Waals surface area contributed by atoms with Crippen LogP contribution in [0.25, 0.3) is 0 Å². The lowest BCUT2D eigenvalue weighted by molar-refractivity contribution is 0.0949. The molecule has 5 nitrogen and oxygen atoms in total. The molecule has 0 aliphatic carbocycles. The van der Waals surface area contributed by atoms with Gasteiger partial charge in [0.15, 0.2) is 0 Å². The van der Waals surface area contributed by atoms with E-state index in [0.29, 0.717) is 24.6 Å². The summed E-state index contributed by atoms with van der Waals surface area (Å²) in [6, 6.07) is 16.3. The number of rotatable bonds is 5. The van der Waals surface area contributed by atoms with Crippen LogP contribution in [0.2, 0.25) is 0 Å². The van der Waals surface area contributed by atoms with Crippen LogP contribution in [0.1, 0.15) is 27.2 Å². The van der Waals surface area contributed by atoms with Crippen LogP contribution in [0, 0.1) is 5.82 Å². The summed E-state index contributed by atoms with van der Waals surface area (Å²) in [4.78, 5) is 23.4. The molecule has 0 spiro atoms. The van der Waals surface area contributed by atoms with Gasteiger partial charge >= 0.3 is 0 Å². The van der Waals surface area contributed by atoms with Crippen molar-refractivity contribution in [3.63, 3.8) is 0 Å². The van der Waals surface area contributed by atoms with Crippen molar-refractivity contribution in [3.05, 3.63) is 89.0 Å². The van der Waals surface area contributed by atoms with E-state index in [1.807, 2.05) is 6.07 Å². The minimum atomic E-state index is -0.262. The summed E-state index contributed by atoms with van der Waals surface area (Å²) in [6.45, 7) is 2.03. The number of halogens is 1. The molecule has 2 heterocycles. The number of amides is 1. The first kappa shape index (κ1) is 18.1. The lowest BCUT2D eigenvalue weighted by Gasteiger charge is -2.28. The van der Waals surface area contributed by atoms with Crippen molar-refractivity contribution >= 4 is 11.9 Å². The fraction of sp³-hybridized carbons (Fsp3) is 0.227. The molecule has 4 rings (SSSR count). The fourth-order valence-corrected chi connectivity index (χ4v) is 3.36. The summed E-state index contributed by atoms with van der Waals surface area (Å²) in [5, 5.41) is 2.87. The molecule has 0 radical (unpaired) electrons. The molecular formula is C22H21FN4O. The maximum absolute atomic E-state index is 12.9. The van der Waals surface area contributed by atoms with Gasteiger partial charge in [0, 0.05) is 25.8 Å². The minimum absolute atomic E-state index is 0.233. The highest BCUT2D eigenvalue weighted by Crippen LogP contribution is 2.21. The first-order valence-electron chi connectivity index (χ1n) is 9.36. The third-order valence-corrected chi connectivity index (χ3v) is 4.90. The SMILES string of the molecule is O=C(NCCc1ccc(F)cc1)c1ccnc(N2CCc3ccccc3C2)n1. The summed E-state index contributed by atoms with van der Waals surface area (Å²) in [7, 11) is 0. The normalized spacial score (nSPS) is 13.1. The van der Waals surface area contributed by atoms with Gasteiger partial charge in [-0.15, -0.1) is 0 Å². The van der Waals surface area contributed by atoms with Gasteiger partial charge in [0.2, 0.25) is 5.95 Å². The van der Waals surface area contributed by atoms with Crippen molar-refractivity contribution in [1.29, 1.82) is 0 Å². The average molecular weight is 376 g/mol. The lowest BCUT2D eigenvalue weighted by Crippen LogP contribution is -2.33. The summed E-state index contributed by atoms with van der Waals surface area (Å²) >= 11 is 0. The molecule has 0 saturated carbocycles. The van der Waals surface area contributed by atoms with E-state index < -0.39 is 0 Å². The van der Waals surface area contributed by atoms with Crippen molar-refractivity contribution in [1.82, 2.24) is 15.3 Å². The molecule has 0 fully saturated rings. The van der Waals surface area contributed by atoms with Gasteiger partial charge in [0.1, 0.15) is 11.5 Å². The Hall–Kier alpha value is -3.28. The molecule has 0 unspecified atom stereocenters. The second kappa shape index (κ2) is 8.17. The largest absolute Gasteiger partial charge is 0.350 e. The molecule has 1 aromatic heterocycles. The van der Waals surface area contributed by atoms with Gasteiger partial charge < -0.3 is 10.2 Å². The highest BCUT2D eigenvalue weighted by atomic mass is 19.1. The lowest BCUT2D eigenvalue weighted by atomic mass is 10.0. The summed E-state index contributed by atoms with van der Waals surface area (Å²) in [5.41, 5.74) is 3.94. The van der Waals surface area contributed by atoms with Crippen molar-refractivity contribution in [2.24, 2.45) is 0 Å². The molecule has 0 saturated heterocycles. The van der Waals surface area contributed by atoms with Crippen molar-refractivity contribution in [3.8, 4) is 0 Å². The number of nitrogens with one attached hydrogen (secondary N) is 1. The zero-order valence-electron chi connectivity index (χ0n) is 15.4. The van der Waals surface area contributed by atoms with Crippen LogP contribution >= 0.6 is 0 Å². The standard InChI is InChI=1S/C22H21FN4O/c23-19-7-5-16(6-8-19)9-12-24-21(28)20-10-13-25-22(26-20)27-14-11-17-3-1-2-4-18(17)15-27/h1-8,10,13H,9,11-12,14-15H2,(H,24,28). The van der Waals surface area contributed by atoms with Gasteiger partial charge in [-0.05, 0) is 47.7 Å². The van der Waals surface area contributed by atoms with E-state index in [9.17, 15) is 9.18 Å². The Balaban J connectivity index is 1.38. The van der Waals surface area contributed by atoms with Crippen LogP contribution in [0.4, 0.5) is 10.3 Å². The van der Waals surface area contributed by atoms with Crippen LogP contribution < -0.4 is 10.2 Å². The van der Waals surface area contributed by atoms with E-state index in [-0.39, 0.29) is 11.7 Å². The van der Waals surface area contributed by atoms with Crippen LogP contribution in [0.15, 0.2) is 60.8 Å². The first-order valence-corrected chi connectivity index (χ1v) is 9.36. The van der Waals surface area contributed by atoms with E-state index in [1.165, 1.54) is 23.3 Å². The topological polar surface area (TPSA) is 58.1 Å². The van der Waals surface area contributed by atoms with E-state index in [0.717, 1.165) is 25.1 Å². The predicted molar refractivity (Wildman–Crippen MR) is 106 cm³/mol. The quantitative estimate of drug-likeness (QED) is 0.743. The number of fused-ring (bicyclic) bond motifs is 1. The molecular weight excluding hydrogens is 355 g/mol. The Labute approximate surface area is 163 Å². The van der Waals surface area contributed by atoms with Crippen LogP contribution in [0.5, 0.6) is 0 Å². The number of carbonyl (C=O) groups is 1. The maximum Gasteiger partial charge on any atom is 0.270 e. The molecule has 0 bridgehead atoms. The second-order valence-corrected chi connectivity index (χ2v) is 6.81. The summed E-state index contributed by atoms with van der Waals surface area (Å²) < 4.78 is 12.9. The highest BCUT2D eigenvalue weighted by molar-refractivity contribution is 5.92. The molecule has 28 heavy (non-hydrogen) atoms. The molecule has 1 N–H and O–H groups in total. The van der Waals surface area contributed by atoms with Gasteiger partial charge in [0.05, 0.1) is 0 Å². The molecule has 142 valence electrons. The Morgan fingerprint density at radius 1 is 1.07 bits per heavy atom. The first-order chi connectivity index (χ1) is 13.7. The Morgan fingerprint density at radius 3 is 2.68 bits per heavy atom. The third kappa shape index (κ3) is 4.17. The van der Waals surface area contributed by atoms with Gasteiger partial charge in [-0.25, -0.2) is 14.4 Å². The van der Waals surface area contributed by atoms with E-state index in [1.54, 1.807) is 24.4 Å². The Kier molecular flexibility index (Phi) is 5.28. The van der Waals surface area contributed by atoms with E-state index in [4.69, 9.17) is 0 Å². The van der Waals surface area contributed by atoms with Crippen molar-refractivity contribution in [2.45, 2.75) is 19.4 Å². The second-order valence-electron chi connectivity index (χ2n) is 6.81. The van der Waals surface area contributed by atoms with Crippen LogP contribution in [-0.2, 0) is 19.4 Å². The molecule has 2 aromatic carbocycles. The van der Waals surface area contributed by atoms with E-state index >= 15 is 0 Å². The molecule has 1 aliphatic heterocycles. The zero-order chi connectivity index (χ0) is 19.3. The Bertz CT molecular complexity index is 974. The monoisotopic (exact) mass is 376 g/mol. The van der Waals surface area contributed by atoms with Gasteiger partial charge in [-0.2, -0.15) is 0 Å². The minimum Gasteiger partial charge on any atom is -0.350 e. The molecule has 1 amide bonds. The average Bonchev–Trinajstić information content (AvgIpc) is 2.75. The third-order valence-electron chi connectivity index (χ3n) is 4.90. The number of anilines is 1. The van der Waals surface area contributed by atoms with Crippen LogP contribution in [-0.4, -0.2) is 29.0 Å². The number of benzene rings is 2. The summed E-state index contributed by atoms with van der Waals surface area (Å²) in [6.07, 6.45) is 3.19. The Morgan fingerprint density at radius 2 is 1.86 bits per heavy atom. The highest BCUT2D eigenvalue weighted by Gasteiger charge is 2.19. The van der Waals surface area contributed by atoms with Crippen molar-refractivity contribution in [2.75, 3.05) is 18.0 Å². The smallest absolute Gasteiger partial charge is 0.270 e. The van der Waals surface area contributed by atoms with Gasteiger partial charge in [-0.1, -0.05) is 36.4 Å². The molecule has 1 aliphatic rings. The van der Waals surface area contributed by atoms with Gasteiger partial charge in [0.25, 0.3) is 5.91 Å². The predicted octanol–water partition coefficient (Wildman–Crippen LogP) is 3.15. The molecule has 6 heteroatoms. The molecule has 0 atom stereocenters. The fourth-order valence-electron chi connectivity index (χ4n) is 3.36.